The summed E-state index contributed by atoms with van der Waals surface area (Å²) in [5.74, 6) is 0.544. The Hall–Kier alpha value is -2.89. The molecule has 6 heteroatoms. The number of pyridine rings is 1. The molecule has 1 atom stereocenters. The highest BCUT2D eigenvalue weighted by Gasteiger charge is 2.25. The number of benzene rings is 1. The van der Waals surface area contributed by atoms with E-state index in [4.69, 9.17) is 0 Å². The zero-order valence-electron chi connectivity index (χ0n) is 14.1. The number of hydrogen-bond acceptors (Lipinski definition) is 3. The van der Waals surface area contributed by atoms with Crippen LogP contribution < -0.4 is 10.9 Å². The third-order valence-electron chi connectivity index (χ3n) is 4.88. The molecule has 1 aromatic carbocycles. The summed E-state index contributed by atoms with van der Waals surface area (Å²) in [7, 11) is 1.76. The number of fused-ring (bicyclic) bond motifs is 1. The van der Waals surface area contributed by atoms with Crippen LogP contribution in [0.5, 0.6) is 0 Å². The van der Waals surface area contributed by atoms with Crippen LogP contribution in [-0.4, -0.2) is 26.6 Å². The van der Waals surface area contributed by atoms with Crippen LogP contribution in [0.15, 0.2) is 47.5 Å². The minimum atomic E-state index is -0.323. The van der Waals surface area contributed by atoms with E-state index in [9.17, 15) is 9.59 Å². The zero-order valence-corrected chi connectivity index (χ0v) is 14.1. The third kappa shape index (κ3) is 2.63. The first-order valence-electron chi connectivity index (χ1n) is 8.56. The lowest BCUT2D eigenvalue weighted by atomic mass is 10.1. The van der Waals surface area contributed by atoms with Crippen molar-refractivity contribution in [2.24, 2.45) is 7.05 Å². The second-order valence-corrected chi connectivity index (χ2v) is 6.44. The van der Waals surface area contributed by atoms with Crippen molar-refractivity contribution in [2.75, 3.05) is 6.54 Å². The van der Waals surface area contributed by atoms with Gasteiger partial charge in [0.05, 0.1) is 11.1 Å². The smallest absolute Gasteiger partial charge is 0.261 e. The average molecular weight is 336 g/mol. The van der Waals surface area contributed by atoms with Crippen LogP contribution in [0.4, 0.5) is 0 Å². The molecule has 2 aromatic heterocycles. The molecule has 1 aliphatic rings. The van der Waals surface area contributed by atoms with Crippen molar-refractivity contribution in [1.82, 2.24) is 19.4 Å². The molecule has 1 aliphatic heterocycles. The molecular formula is C19H20N4O2. The topological polar surface area (TPSA) is 68.9 Å². The van der Waals surface area contributed by atoms with Gasteiger partial charge in [0.15, 0.2) is 0 Å². The van der Waals surface area contributed by atoms with E-state index in [0.717, 1.165) is 30.2 Å². The summed E-state index contributed by atoms with van der Waals surface area (Å²) in [6.45, 7) is 0.705. The lowest BCUT2D eigenvalue weighted by Crippen LogP contribution is -2.31. The van der Waals surface area contributed by atoms with Gasteiger partial charge in [-0.25, -0.2) is 4.98 Å². The van der Waals surface area contributed by atoms with E-state index in [2.05, 4.69) is 10.3 Å². The van der Waals surface area contributed by atoms with Crippen LogP contribution in [0.25, 0.3) is 22.3 Å². The van der Waals surface area contributed by atoms with E-state index in [1.54, 1.807) is 24.0 Å². The lowest BCUT2D eigenvalue weighted by Gasteiger charge is -2.18. The Bertz CT molecular complexity index is 1000. The summed E-state index contributed by atoms with van der Waals surface area (Å²) < 4.78 is 3.48. The summed E-state index contributed by atoms with van der Waals surface area (Å²) in [6, 6.07) is 9.30. The summed E-state index contributed by atoms with van der Waals surface area (Å²) in [4.78, 5) is 29.7. The van der Waals surface area contributed by atoms with Gasteiger partial charge in [-0.15, -0.1) is 0 Å². The summed E-state index contributed by atoms with van der Waals surface area (Å²) >= 11 is 0. The van der Waals surface area contributed by atoms with Gasteiger partial charge in [-0.05, 0) is 36.8 Å². The number of rotatable bonds is 2. The molecule has 0 aliphatic carbocycles. The number of amides is 1. The normalized spacial score (nSPS) is 18.1. The van der Waals surface area contributed by atoms with Crippen molar-refractivity contribution in [2.45, 2.75) is 25.3 Å². The standard InChI is InChI=1S/C19H20N4O2/c1-22-15-7-3-2-6-13(15)12-14(19(22)25)17-20-10-11-23(17)16-8-4-5-9-21-18(16)24/h2-3,6-7,10-12,16H,4-5,8-9H2,1H3,(H,21,24). The van der Waals surface area contributed by atoms with E-state index in [1.807, 2.05) is 34.9 Å². The Morgan fingerprint density at radius 3 is 2.92 bits per heavy atom. The van der Waals surface area contributed by atoms with Crippen LogP contribution in [-0.2, 0) is 11.8 Å². The van der Waals surface area contributed by atoms with Crippen molar-refractivity contribution in [1.29, 1.82) is 0 Å². The maximum Gasteiger partial charge on any atom is 0.261 e. The molecular weight excluding hydrogens is 316 g/mol. The summed E-state index contributed by atoms with van der Waals surface area (Å²) in [6.07, 6.45) is 6.14. The maximum absolute atomic E-state index is 12.9. The number of aromatic nitrogens is 3. The van der Waals surface area contributed by atoms with Crippen molar-refractivity contribution in [3.63, 3.8) is 0 Å². The van der Waals surface area contributed by atoms with Gasteiger partial charge in [0, 0.05) is 26.0 Å². The Kier molecular flexibility index (Phi) is 3.87. The van der Waals surface area contributed by atoms with Crippen molar-refractivity contribution >= 4 is 16.8 Å². The van der Waals surface area contributed by atoms with Crippen LogP contribution in [0.1, 0.15) is 25.3 Å². The van der Waals surface area contributed by atoms with Gasteiger partial charge < -0.3 is 14.5 Å². The molecule has 1 N–H and O–H groups in total. The highest BCUT2D eigenvalue weighted by atomic mass is 16.2. The van der Waals surface area contributed by atoms with Gasteiger partial charge in [-0.1, -0.05) is 18.2 Å². The van der Waals surface area contributed by atoms with Gasteiger partial charge >= 0.3 is 0 Å². The number of nitrogens with one attached hydrogen (secondary N) is 1. The molecule has 1 unspecified atom stereocenters. The fourth-order valence-corrected chi connectivity index (χ4v) is 3.54. The number of hydrogen-bond donors (Lipinski definition) is 1. The number of para-hydroxylation sites is 1. The van der Waals surface area contributed by atoms with Crippen LogP contribution in [0.2, 0.25) is 0 Å². The molecule has 6 nitrogen and oxygen atoms in total. The molecule has 1 amide bonds. The predicted molar refractivity (Wildman–Crippen MR) is 96.3 cm³/mol. The van der Waals surface area contributed by atoms with E-state index in [-0.39, 0.29) is 17.5 Å². The Balaban J connectivity index is 1.88. The molecule has 3 aromatic rings. The van der Waals surface area contributed by atoms with Gasteiger partial charge in [0.2, 0.25) is 5.91 Å². The maximum atomic E-state index is 12.9. The first-order chi connectivity index (χ1) is 12.2. The van der Waals surface area contributed by atoms with Crippen molar-refractivity contribution in [3.8, 4) is 11.4 Å². The number of carbonyl (C=O) groups is 1. The first-order valence-corrected chi connectivity index (χ1v) is 8.56. The predicted octanol–water partition coefficient (Wildman–Crippen LogP) is 2.24. The minimum absolute atomic E-state index is 0.00522. The van der Waals surface area contributed by atoms with Gasteiger partial charge in [0.1, 0.15) is 11.9 Å². The second-order valence-electron chi connectivity index (χ2n) is 6.44. The van der Waals surface area contributed by atoms with E-state index >= 15 is 0 Å². The molecule has 0 spiro atoms. The number of carbonyl (C=O) groups excluding carboxylic acids is 1. The number of imidazole rings is 1. The minimum Gasteiger partial charge on any atom is -0.354 e. The second kappa shape index (κ2) is 6.20. The molecule has 0 radical (unpaired) electrons. The Morgan fingerprint density at radius 2 is 2.04 bits per heavy atom. The molecule has 0 saturated carbocycles. The first kappa shape index (κ1) is 15.6. The van der Waals surface area contributed by atoms with E-state index < -0.39 is 0 Å². The van der Waals surface area contributed by atoms with Crippen LogP contribution in [0, 0.1) is 0 Å². The Morgan fingerprint density at radius 1 is 1.20 bits per heavy atom. The molecule has 1 fully saturated rings. The summed E-state index contributed by atoms with van der Waals surface area (Å²) in [5.41, 5.74) is 1.28. The quantitative estimate of drug-likeness (QED) is 0.780. The number of nitrogens with zero attached hydrogens (tertiary/aromatic N) is 3. The summed E-state index contributed by atoms with van der Waals surface area (Å²) in [5, 5.41) is 3.92. The van der Waals surface area contributed by atoms with Crippen LogP contribution >= 0.6 is 0 Å². The third-order valence-corrected chi connectivity index (χ3v) is 4.88. The molecule has 4 rings (SSSR count). The molecule has 25 heavy (non-hydrogen) atoms. The average Bonchev–Trinajstić information content (AvgIpc) is 3.00. The molecule has 128 valence electrons. The van der Waals surface area contributed by atoms with Crippen molar-refractivity contribution < 1.29 is 4.79 Å². The fraction of sp³-hybridized carbons (Fsp3) is 0.316. The zero-order chi connectivity index (χ0) is 17.4. The highest BCUT2D eigenvalue weighted by Crippen LogP contribution is 2.26. The van der Waals surface area contributed by atoms with E-state index in [1.165, 1.54) is 0 Å². The highest BCUT2D eigenvalue weighted by molar-refractivity contribution is 5.84. The van der Waals surface area contributed by atoms with Crippen LogP contribution in [0.3, 0.4) is 0 Å². The fourth-order valence-electron chi connectivity index (χ4n) is 3.54. The molecule has 1 saturated heterocycles. The van der Waals surface area contributed by atoms with Crippen molar-refractivity contribution in [3.05, 3.63) is 53.1 Å². The van der Waals surface area contributed by atoms with Gasteiger partial charge in [-0.2, -0.15) is 0 Å². The van der Waals surface area contributed by atoms with Gasteiger partial charge in [-0.3, -0.25) is 9.59 Å². The number of aryl methyl sites for hydroxylation is 1. The Labute approximate surface area is 145 Å². The molecule has 3 heterocycles. The monoisotopic (exact) mass is 336 g/mol. The molecule has 0 bridgehead atoms. The van der Waals surface area contributed by atoms with Gasteiger partial charge in [0.25, 0.3) is 5.56 Å². The van der Waals surface area contributed by atoms with E-state index in [0.29, 0.717) is 17.9 Å². The largest absolute Gasteiger partial charge is 0.354 e. The lowest BCUT2D eigenvalue weighted by molar-refractivity contribution is -0.124. The SMILES string of the molecule is Cn1c(=O)c(-c2nccn2C2CCCCNC2=O)cc2ccccc21.